The van der Waals surface area contributed by atoms with Crippen LogP contribution in [-0.2, 0) is 4.84 Å². The number of hydrogen-bond acceptors (Lipinski definition) is 3. The average Bonchev–Trinajstić information content (AvgIpc) is 2.14. The summed E-state index contributed by atoms with van der Waals surface area (Å²) < 4.78 is 12.5. The third kappa shape index (κ3) is 2.81. The molecule has 0 aromatic carbocycles. The summed E-state index contributed by atoms with van der Waals surface area (Å²) in [7, 11) is 3.44. The molecule has 1 heterocycles. The molecule has 0 fully saturated rings. The van der Waals surface area contributed by atoms with Crippen LogP contribution in [0.2, 0.25) is 0 Å². The number of likely N-dealkylation sites (N-methyl/N-ethyl adjacent to an activating group) is 1. The zero-order valence-corrected chi connectivity index (χ0v) is 8.09. The summed E-state index contributed by atoms with van der Waals surface area (Å²) in [6.45, 7) is 1.22. The predicted molar refractivity (Wildman–Crippen MR) is 50.6 cm³/mol. The third-order valence-electron chi connectivity index (χ3n) is 2.04. The molecule has 0 N–H and O–H groups in total. The van der Waals surface area contributed by atoms with Gasteiger partial charge in [0.05, 0.1) is 0 Å². The summed E-state index contributed by atoms with van der Waals surface area (Å²) in [5.41, 5.74) is 1.35. The van der Waals surface area contributed by atoms with Gasteiger partial charge in [0.2, 0.25) is 0 Å². The second kappa shape index (κ2) is 4.97. The van der Waals surface area contributed by atoms with E-state index in [2.05, 4.69) is 14.9 Å². The van der Waals surface area contributed by atoms with Crippen molar-refractivity contribution in [3.8, 4) is 0 Å². The molecule has 1 aliphatic rings. The lowest BCUT2D eigenvalue weighted by molar-refractivity contribution is 0.211. The van der Waals surface area contributed by atoms with Gasteiger partial charge in [-0.3, -0.25) is 0 Å². The van der Waals surface area contributed by atoms with Crippen LogP contribution in [0.5, 0.6) is 0 Å². The fourth-order valence-electron chi connectivity index (χ4n) is 1.38. The molecule has 74 valence electrons. The first-order valence-corrected chi connectivity index (χ1v) is 4.32. The Morgan fingerprint density at radius 3 is 3.08 bits per heavy atom. The van der Waals surface area contributed by atoms with Gasteiger partial charge >= 0.3 is 0 Å². The number of halogens is 1. The van der Waals surface area contributed by atoms with Gasteiger partial charge < -0.3 is 9.74 Å². The second-order valence-electron chi connectivity index (χ2n) is 3.11. The van der Waals surface area contributed by atoms with E-state index in [1.807, 2.05) is 13.1 Å². The van der Waals surface area contributed by atoms with Crippen LogP contribution in [0, 0.1) is 0 Å². The molecule has 0 saturated heterocycles. The second-order valence-corrected chi connectivity index (χ2v) is 3.11. The summed E-state index contributed by atoms with van der Waals surface area (Å²) in [5, 5.41) is 3.65. The molecule has 0 bridgehead atoms. The zero-order valence-electron chi connectivity index (χ0n) is 8.09. The van der Waals surface area contributed by atoms with Gasteiger partial charge in [-0.25, -0.2) is 4.39 Å². The normalized spacial score (nSPS) is 19.9. The van der Waals surface area contributed by atoms with E-state index >= 15 is 0 Å². The summed E-state index contributed by atoms with van der Waals surface area (Å²) in [5.74, 6) is 0. The lowest BCUT2D eigenvalue weighted by atomic mass is 10.1. The molecule has 0 aromatic rings. The van der Waals surface area contributed by atoms with E-state index in [1.165, 1.54) is 7.11 Å². The number of oxime groups is 1. The summed E-state index contributed by atoms with van der Waals surface area (Å²) in [6.07, 6.45) is 2.98. The molecule has 3 nitrogen and oxygen atoms in total. The van der Waals surface area contributed by atoms with Crippen molar-refractivity contribution < 1.29 is 9.23 Å². The molecule has 1 aliphatic heterocycles. The standard InChI is InChI=1S/C9H15FN2O/c1-12-5-3-4-8(7-12)9(6-10)11-13-2/h4H,3,5-7H2,1-2H3/b11-9+. The molecule has 0 amide bonds. The van der Waals surface area contributed by atoms with Crippen molar-refractivity contribution in [3.05, 3.63) is 11.6 Å². The molecule has 1 rings (SSSR count). The van der Waals surface area contributed by atoms with Gasteiger partial charge in [-0.05, 0) is 19.0 Å². The highest BCUT2D eigenvalue weighted by Crippen LogP contribution is 2.10. The van der Waals surface area contributed by atoms with Crippen molar-refractivity contribution in [2.45, 2.75) is 6.42 Å². The Hall–Kier alpha value is -0.900. The number of hydrogen-bond donors (Lipinski definition) is 0. The maximum atomic E-state index is 12.5. The number of rotatable bonds is 3. The molecular formula is C9H15FN2O. The minimum Gasteiger partial charge on any atom is -0.399 e. The third-order valence-corrected chi connectivity index (χ3v) is 2.04. The number of nitrogens with zero attached hydrogens (tertiary/aromatic N) is 2. The fraction of sp³-hybridized carbons (Fsp3) is 0.667. The molecule has 0 unspecified atom stereocenters. The first kappa shape index (κ1) is 10.2. The highest BCUT2D eigenvalue weighted by molar-refractivity contribution is 6.01. The van der Waals surface area contributed by atoms with Crippen LogP contribution in [0.4, 0.5) is 4.39 Å². The highest BCUT2D eigenvalue weighted by Gasteiger charge is 2.13. The van der Waals surface area contributed by atoms with Crippen LogP contribution in [-0.4, -0.2) is 44.5 Å². The Labute approximate surface area is 77.9 Å². The molecule has 0 spiro atoms. The Balaban J connectivity index is 2.68. The van der Waals surface area contributed by atoms with Crippen molar-refractivity contribution in [2.75, 3.05) is 33.9 Å². The van der Waals surface area contributed by atoms with Gasteiger partial charge in [0, 0.05) is 13.1 Å². The van der Waals surface area contributed by atoms with Gasteiger partial charge in [0.25, 0.3) is 0 Å². The van der Waals surface area contributed by atoms with Crippen LogP contribution in [0.15, 0.2) is 16.8 Å². The smallest absolute Gasteiger partial charge is 0.135 e. The monoisotopic (exact) mass is 186 g/mol. The molecule has 0 radical (unpaired) electrons. The minimum atomic E-state index is -0.562. The largest absolute Gasteiger partial charge is 0.399 e. The number of alkyl halides is 1. The first-order chi connectivity index (χ1) is 6.27. The molecular weight excluding hydrogens is 171 g/mol. The predicted octanol–water partition coefficient (Wildman–Crippen LogP) is 1.22. The molecule has 4 heteroatoms. The van der Waals surface area contributed by atoms with Gasteiger partial charge in [-0.15, -0.1) is 0 Å². The van der Waals surface area contributed by atoms with Gasteiger partial charge in [0.1, 0.15) is 19.5 Å². The molecule has 0 atom stereocenters. The van der Waals surface area contributed by atoms with Crippen molar-refractivity contribution >= 4 is 5.71 Å². The molecule has 0 aliphatic carbocycles. The molecule has 13 heavy (non-hydrogen) atoms. The fourth-order valence-corrected chi connectivity index (χ4v) is 1.38. The Morgan fingerprint density at radius 2 is 2.54 bits per heavy atom. The SMILES string of the molecule is CO/N=C(\CF)C1=CCCN(C)C1. The van der Waals surface area contributed by atoms with Gasteiger partial charge in [-0.2, -0.15) is 0 Å². The van der Waals surface area contributed by atoms with Crippen molar-refractivity contribution in [2.24, 2.45) is 5.16 Å². The highest BCUT2D eigenvalue weighted by atomic mass is 19.1. The minimum absolute atomic E-state index is 0.411. The van der Waals surface area contributed by atoms with Crippen molar-refractivity contribution in [1.82, 2.24) is 4.90 Å². The summed E-state index contributed by atoms with van der Waals surface area (Å²) >= 11 is 0. The van der Waals surface area contributed by atoms with E-state index in [1.54, 1.807) is 0 Å². The van der Waals surface area contributed by atoms with E-state index in [0.717, 1.165) is 25.1 Å². The van der Waals surface area contributed by atoms with Crippen LogP contribution < -0.4 is 0 Å². The van der Waals surface area contributed by atoms with Crippen LogP contribution in [0.1, 0.15) is 6.42 Å². The van der Waals surface area contributed by atoms with E-state index in [0.29, 0.717) is 5.71 Å². The van der Waals surface area contributed by atoms with Crippen molar-refractivity contribution in [1.29, 1.82) is 0 Å². The van der Waals surface area contributed by atoms with E-state index in [4.69, 9.17) is 0 Å². The summed E-state index contributed by atoms with van der Waals surface area (Å²) in [4.78, 5) is 6.71. The van der Waals surface area contributed by atoms with E-state index in [9.17, 15) is 4.39 Å². The topological polar surface area (TPSA) is 24.8 Å². The Bertz CT molecular complexity index is 226. The lowest BCUT2D eigenvalue weighted by Gasteiger charge is -2.22. The van der Waals surface area contributed by atoms with E-state index in [-0.39, 0.29) is 0 Å². The van der Waals surface area contributed by atoms with Crippen LogP contribution in [0.3, 0.4) is 0 Å². The quantitative estimate of drug-likeness (QED) is 0.489. The maximum Gasteiger partial charge on any atom is 0.135 e. The summed E-state index contributed by atoms with van der Waals surface area (Å²) in [6, 6.07) is 0. The first-order valence-electron chi connectivity index (χ1n) is 4.32. The average molecular weight is 186 g/mol. The van der Waals surface area contributed by atoms with Gasteiger partial charge in [-0.1, -0.05) is 11.2 Å². The van der Waals surface area contributed by atoms with Crippen LogP contribution in [0.25, 0.3) is 0 Å². The molecule has 0 aromatic heterocycles. The lowest BCUT2D eigenvalue weighted by Crippen LogP contribution is -2.29. The van der Waals surface area contributed by atoms with Crippen LogP contribution >= 0.6 is 0 Å². The maximum absolute atomic E-state index is 12.5. The molecule has 0 saturated carbocycles. The van der Waals surface area contributed by atoms with Crippen molar-refractivity contribution in [3.63, 3.8) is 0 Å². The zero-order chi connectivity index (χ0) is 9.68. The van der Waals surface area contributed by atoms with E-state index < -0.39 is 6.67 Å². The Kier molecular flexibility index (Phi) is 3.89. The Morgan fingerprint density at radius 1 is 1.77 bits per heavy atom. The van der Waals surface area contributed by atoms with Gasteiger partial charge in [0.15, 0.2) is 0 Å².